The van der Waals surface area contributed by atoms with E-state index in [0.717, 1.165) is 17.9 Å². The highest BCUT2D eigenvalue weighted by Gasteiger charge is 2.14. The summed E-state index contributed by atoms with van der Waals surface area (Å²) in [7, 11) is 0. The molecule has 1 amide bonds. The lowest BCUT2D eigenvalue weighted by atomic mass is 9.94. The van der Waals surface area contributed by atoms with E-state index in [4.69, 9.17) is 5.73 Å². The van der Waals surface area contributed by atoms with Gasteiger partial charge in [-0.25, -0.2) is 0 Å². The molecule has 6 nitrogen and oxygen atoms in total. The zero-order chi connectivity index (χ0) is 15.2. The standard InChI is InChI=1S/C15H23N5O/c1-11(2)7-12(9-16)8-15(21)17-10-14-19-18-13-5-3-4-6-20(13)14/h3-6,11-12H,7-10,16H2,1-2H3,(H,17,21). The summed E-state index contributed by atoms with van der Waals surface area (Å²) in [5, 5.41) is 11.0. The predicted molar refractivity (Wildman–Crippen MR) is 81.5 cm³/mol. The van der Waals surface area contributed by atoms with Crippen LogP contribution in [0.2, 0.25) is 0 Å². The number of fused-ring (bicyclic) bond motifs is 1. The Morgan fingerprint density at radius 2 is 2.19 bits per heavy atom. The van der Waals surface area contributed by atoms with Gasteiger partial charge in [-0.15, -0.1) is 10.2 Å². The average molecular weight is 289 g/mol. The van der Waals surface area contributed by atoms with Crippen molar-refractivity contribution in [3.05, 3.63) is 30.2 Å². The quantitative estimate of drug-likeness (QED) is 0.806. The van der Waals surface area contributed by atoms with E-state index in [2.05, 4.69) is 29.4 Å². The minimum Gasteiger partial charge on any atom is -0.349 e. The highest BCUT2D eigenvalue weighted by atomic mass is 16.1. The summed E-state index contributed by atoms with van der Waals surface area (Å²) in [6.45, 7) is 5.20. The molecule has 2 aromatic rings. The third kappa shape index (κ3) is 4.26. The van der Waals surface area contributed by atoms with Crippen LogP contribution in [-0.2, 0) is 11.3 Å². The summed E-state index contributed by atoms with van der Waals surface area (Å²) < 4.78 is 1.87. The first kappa shape index (κ1) is 15.4. The van der Waals surface area contributed by atoms with Crippen LogP contribution >= 0.6 is 0 Å². The molecule has 114 valence electrons. The maximum atomic E-state index is 12.0. The Kier molecular flexibility index (Phi) is 5.27. The van der Waals surface area contributed by atoms with E-state index in [-0.39, 0.29) is 11.8 Å². The third-order valence-electron chi connectivity index (χ3n) is 3.44. The summed E-state index contributed by atoms with van der Waals surface area (Å²) in [5.41, 5.74) is 6.51. The Morgan fingerprint density at radius 3 is 2.90 bits per heavy atom. The number of nitrogens with two attached hydrogens (primary N) is 1. The molecule has 0 saturated carbocycles. The highest BCUT2D eigenvalue weighted by Crippen LogP contribution is 2.14. The molecule has 0 fully saturated rings. The number of nitrogens with one attached hydrogen (secondary N) is 1. The summed E-state index contributed by atoms with van der Waals surface area (Å²) in [5.74, 6) is 1.53. The number of carbonyl (C=O) groups excluding carboxylic acids is 1. The number of nitrogens with zero attached hydrogens (tertiary/aromatic N) is 3. The van der Waals surface area contributed by atoms with Gasteiger partial charge in [0.1, 0.15) is 0 Å². The number of amides is 1. The van der Waals surface area contributed by atoms with Gasteiger partial charge in [0, 0.05) is 12.6 Å². The van der Waals surface area contributed by atoms with Crippen LogP contribution in [0.5, 0.6) is 0 Å². The smallest absolute Gasteiger partial charge is 0.220 e. The molecule has 0 aliphatic carbocycles. The lowest BCUT2D eigenvalue weighted by molar-refractivity contribution is -0.122. The molecule has 1 atom stereocenters. The van der Waals surface area contributed by atoms with Crippen molar-refractivity contribution < 1.29 is 4.79 Å². The van der Waals surface area contributed by atoms with E-state index >= 15 is 0 Å². The van der Waals surface area contributed by atoms with Crippen LogP contribution in [0.15, 0.2) is 24.4 Å². The van der Waals surface area contributed by atoms with Crippen LogP contribution in [0.25, 0.3) is 5.65 Å². The number of rotatable bonds is 7. The second-order valence-electron chi connectivity index (χ2n) is 5.76. The topological polar surface area (TPSA) is 85.3 Å². The van der Waals surface area contributed by atoms with E-state index in [1.54, 1.807) is 0 Å². The molecular weight excluding hydrogens is 266 g/mol. The molecule has 3 N–H and O–H groups in total. The van der Waals surface area contributed by atoms with Crippen LogP contribution in [-0.4, -0.2) is 27.0 Å². The van der Waals surface area contributed by atoms with Crippen LogP contribution in [0.3, 0.4) is 0 Å². The molecule has 0 saturated heterocycles. The normalized spacial score (nSPS) is 12.8. The molecule has 0 bridgehead atoms. The summed E-state index contributed by atoms with van der Waals surface area (Å²) in [6, 6.07) is 5.70. The molecule has 0 radical (unpaired) electrons. The van der Waals surface area contributed by atoms with Gasteiger partial charge in [0.05, 0.1) is 6.54 Å². The number of aromatic nitrogens is 3. The van der Waals surface area contributed by atoms with Crippen LogP contribution < -0.4 is 11.1 Å². The monoisotopic (exact) mass is 289 g/mol. The molecule has 2 aromatic heterocycles. The van der Waals surface area contributed by atoms with E-state index in [1.807, 2.05) is 28.8 Å². The first-order chi connectivity index (χ1) is 10.1. The molecule has 2 heterocycles. The van der Waals surface area contributed by atoms with Crippen molar-refractivity contribution in [2.45, 2.75) is 33.2 Å². The van der Waals surface area contributed by atoms with Gasteiger partial charge in [-0.1, -0.05) is 19.9 Å². The second kappa shape index (κ2) is 7.17. The van der Waals surface area contributed by atoms with E-state index in [1.165, 1.54) is 0 Å². The van der Waals surface area contributed by atoms with Crippen molar-refractivity contribution in [3.63, 3.8) is 0 Å². The maximum Gasteiger partial charge on any atom is 0.220 e. The molecule has 2 rings (SSSR count). The van der Waals surface area contributed by atoms with Gasteiger partial charge in [0.25, 0.3) is 0 Å². The van der Waals surface area contributed by atoms with Crippen LogP contribution in [0, 0.1) is 11.8 Å². The number of hydrogen-bond donors (Lipinski definition) is 2. The summed E-state index contributed by atoms with van der Waals surface area (Å²) in [4.78, 5) is 12.0. The molecule has 6 heteroatoms. The van der Waals surface area contributed by atoms with Gasteiger partial charge in [-0.2, -0.15) is 0 Å². The number of pyridine rings is 1. The average Bonchev–Trinajstić information content (AvgIpc) is 2.87. The minimum atomic E-state index is 0.0128. The lowest BCUT2D eigenvalue weighted by Gasteiger charge is -2.16. The Balaban J connectivity index is 1.89. The van der Waals surface area contributed by atoms with Crippen molar-refractivity contribution in [2.75, 3.05) is 6.54 Å². The van der Waals surface area contributed by atoms with E-state index in [0.29, 0.717) is 25.4 Å². The Bertz CT molecular complexity index is 593. The van der Waals surface area contributed by atoms with Crippen LogP contribution in [0.1, 0.15) is 32.5 Å². The van der Waals surface area contributed by atoms with Crippen molar-refractivity contribution >= 4 is 11.6 Å². The lowest BCUT2D eigenvalue weighted by Crippen LogP contribution is -2.29. The Labute approximate surface area is 124 Å². The van der Waals surface area contributed by atoms with Crippen molar-refractivity contribution in [3.8, 4) is 0 Å². The molecule has 0 aliphatic heterocycles. The molecular formula is C15H23N5O. The first-order valence-electron chi connectivity index (χ1n) is 7.35. The Morgan fingerprint density at radius 1 is 1.38 bits per heavy atom. The zero-order valence-corrected chi connectivity index (χ0v) is 12.6. The number of carbonyl (C=O) groups is 1. The Hall–Kier alpha value is -1.95. The molecule has 0 spiro atoms. The van der Waals surface area contributed by atoms with Crippen molar-refractivity contribution in [2.24, 2.45) is 17.6 Å². The van der Waals surface area contributed by atoms with Gasteiger partial charge in [-0.3, -0.25) is 9.20 Å². The van der Waals surface area contributed by atoms with Gasteiger partial charge in [-0.05, 0) is 36.9 Å². The molecule has 21 heavy (non-hydrogen) atoms. The zero-order valence-electron chi connectivity index (χ0n) is 12.6. The maximum absolute atomic E-state index is 12.0. The molecule has 0 aliphatic rings. The van der Waals surface area contributed by atoms with E-state index < -0.39 is 0 Å². The first-order valence-corrected chi connectivity index (χ1v) is 7.35. The van der Waals surface area contributed by atoms with Gasteiger partial charge >= 0.3 is 0 Å². The fourth-order valence-corrected chi connectivity index (χ4v) is 2.45. The van der Waals surface area contributed by atoms with Crippen molar-refractivity contribution in [1.29, 1.82) is 0 Å². The summed E-state index contributed by atoms with van der Waals surface area (Å²) >= 11 is 0. The largest absolute Gasteiger partial charge is 0.349 e. The molecule has 1 unspecified atom stereocenters. The fraction of sp³-hybridized carbons (Fsp3) is 0.533. The summed E-state index contributed by atoms with van der Waals surface area (Å²) in [6.07, 6.45) is 3.32. The van der Waals surface area contributed by atoms with Crippen molar-refractivity contribution in [1.82, 2.24) is 19.9 Å². The highest BCUT2D eigenvalue weighted by molar-refractivity contribution is 5.76. The molecule has 0 aromatic carbocycles. The van der Waals surface area contributed by atoms with Crippen LogP contribution in [0.4, 0.5) is 0 Å². The fourth-order valence-electron chi connectivity index (χ4n) is 2.45. The SMILES string of the molecule is CC(C)CC(CN)CC(=O)NCc1nnc2ccccn12. The van der Waals surface area contributed by atoms with Gasteiger partial charge in [0.2, 0.25) is 5.91 Å². The number of hydrogen-bond acceptors (Lipinski definition) is 4. The third-order valence-corrected chi connectivity index (χ3v) is 3.44. The second-order valence-corrected chi connectivity index (χ2v) is 5.76. The van der Waals surface area contributed by atoms with E-state index in [9.17, 15) is 4.79 Å². The van der Waals surface area contributed by atoms with Gasteiger partial charge in [0.15, 0.2) is 11.5 Å². The van der Waals surface area contributed by atoms with Gasteiger partial charge < -0.3 is 11.1 Å². The predicted octanol–water partition coefficient (Wildman–Crippen LogP) is 1.36. The minimum absolute atomic E-state index is 0.0128.